The van der Waals surface area contributed by atoms with E-state index in [1.807, 2.05) is 32.0 Å². The van der Waals surface area contributed by atoms with Crippen LogP contribution in [0.5, 0.6) is 5.75 Å². The van der Waals surface area contributed by atoms with E-state index in [0.717, 1.165) is 5.56 Å². The highest BCUT2D eigenvalue weighted by Gasteiger charge is 2.26. The second kappa shape index (κ2) is 7.83. The Hall–Kier alpha value is -2.83. The molecule has 1 amide bonds. The Balaban J connectivity index is 2.25. The first-order valence-corrected chi connectivity index (χ1v) is 8.11. The normalized spacial score (nSPS) is 13.1. The standard InChI is InChI=1S/C18H23N3O4/c1-5-12(3)16(18(23)24)19-17(22)13-8-9-21(20-13)14-10-11(2)6-7-15(14)25-4/h6-10,12,16H,5H2,1-4H3,(H,19,22)(H,23,24)/t12-,16-/m0/s1. The fourth-order valence-electron chi connectivity index (χ4n) is 2.46. The summed E-state index contributed by atoms with van der Waals surface area (Å²) in [6, 6.07) is 6.24. The van der Waals surface area contributed by atoms with Gasteiger partial charge in [-0.2, -0.15) is 5.10 Å². The molecule has 2 N–H and O–H groups in total. The highest BCUT2D eigenvalue weighted by atomic mass is 16.5. The van der Waals surface area contributed by atoms with E-state index in [2.05, 4.69) is 10.4 Å². The number of rotatable bonds is 7. The van der Waals surface area contributed by atoms with Gasteiger partial charge in [0.15, 0.2) is 5.69 Å². The maximum Gasteiger partial charge on any atom is 0.326 e. The van der Waals surface area contributed by atoms with E-state index in [-0.39, 0.29) is 11.6 Å². The zero-order valence-electron chi connectivity index (χ0n) is 14.8. The van der Waals surface area contributed by atoms with Gasteiger partial charge in [0.05, 0.1) is 7.11 Å². The number of nitrogens with one attached hydrogen (secondary N) is 1. The molecule has 1 aromatic carbocycles. The molecule has 0 saturated heterocycles. The summed E-state index contributed by atoms with van der Waals surface area (Å²) >= 11 is 0. The Bertz CT molecular complexity index is 769. The molecule has 1 aromatic heterocycles. The van der Waals surface area contributed by atoms with Gasteiger partial charge in [0.2, 0.25) is 0 Å². The van der Waals surface area contributed by atoms with Gasteiger partial charge in [-0.15, -0.1) is 0 Å². The van der Waals surface area contributed by atoms with E-state index >= 15 is 0 Å². The summed E-state index contributed by atoms with van der Waals surface area (Å²) in [5.74, 6) is -1.12. The van der Waals surface area contributed by atoms with Crippen molar-refractivity contribution in [2.75, 3.05) is 7.11 Å². The number of hydrogen-bond acceptors (Lipinski definition) is 4. The number of carboxylic acid groups (broad SMARTS) is 1. The summed E-state index contributed by atoms with van der Waals surface area (Å²) in [7, 11) is 1.56. The van der Waals surface area contributed by atoms with Crippen molar-refractivity contribution in [3.05, 3.63) is 41.7 Å². The van der Waals surface area contributed by atoms with Crippen LogP contribution in [0.25, 0.3) is 5.69 Å². The van der Waals surface area contributed by atoms with Gasteiger partial charge in [0, 0.05) is 6.20 Å². The Morgan fingerprint density at radius 2 is 2.08 bits per heavy atom. The molecule has 0 aliphatic rings. The van der Waals surface area contributed by atoms with E-state index in [0.29, 0.717) is 17.9 Å². The van der Waals surface area contributed by atoms with Gasteiger partial charge in [-0.1, -0.05) is 26.3 Å². The van der Waals surface area contributed by atoms with Crippen molar-refractivity contribution in [1.29, 1.82) is 0 Å². The molecule has 0 bridgehead atoms. The van der Waals surface area contributed by atoms with Crippen LogP contribution in [-0.2, 0) is 4.79 Å². The van der Waals surface area contributed by atoms with Crippen molar-refractivity contribution in [2.24, 2.45) is 5.92 Å². The molecular formula is C18H23N3O4. The van der Waals surface area contributed by atoms with Crippen LogP contribution in [0.1, 0.15) is 36.3 Å². The number of aliphatic carboxylic acids is 1. The van der Waals surface area contributed by atoms with Crippen LogP contribution in [0.3, 0.4) is 0 Å². The molecule has 25 heavy (non-hydrogen) atoms. The average Bonchev–Trinajstić information content (AvgIpc) is 3.08. The lowest BCUT2D eigenvalue weighted by Crippen LogP contribution is -2.45. The molecule has 1 heterocycles. The third kappa shape index (κ3) is 4.17. The fraction of sp³-hybridized carbons (Fsp3) is 0.389. The molecular weight excluding hydrogens is 322 g/mol. The minimum absolute atomic E-state index is 0.151. The molecule has 0 spiro atoms. The molecule has 0 radical (unpaired) electrons. The Morgan fingerprint density at radius 1 is 1.36 bits per heavy atom. The number of carbonyl (C=O) groups is 2. The predicted octanol–water partition coefficient (Wildman–Crippen LogP) is 2.42. The molecule has 2 rings (SSSR count). The van der Waals surface area contributed by atoms with Crippen molar-refractivity contribution in [3.63, 3.8) is 0 Å². The van der Waals surface area contributed by atoms with Crippen molar-refractivity contribution in [3.8, 4) is 11.4 Å². The number of carboxylic acids is 1. The van der Waals surface area contributed by atoms with Crippen LogP contribution in [0, 0.1) is 12.8 Å². The number of amides is 1. The second-order valence-electron chi connectivity index (χ2n) is 6.00. The third-order valence-corrected chi connectivity index (χ3v) is 4.17. The zero-order chi connectivity index (χ0) is 18.6. The maximum atomic E-state index is 12.4. The van der Waals surface area contributed by atoms with Crippen LogP contribution in [-0.4, -0.2) is 39.9 Å². The number of ether oxygens (including phenoxy) is 1. The highest BCUT2D eigenvalue weighted by molar-refractivity contribution is 5.95. The molecule has 2 aromatic rings. The molecule has 2 atom stereocenters. The van der Waals surface area contributed by atoms with Gasteiger partial charge >= 0.3 is 5.97 Å². The van der Waals surface area contributed by atoms with Gasteiger partial charge < -0.3 is 15.2 Å². The van der Waals surface area contributed by atoms with Gasteiger partial charge in [0.1, 0.15) is 17.5 Å². The van der Waals surface area contributed by atoms with Crippen molar-refractivity contribution in [2.45, 2.75) is 33.2 Å². The topological polar surface area (TPSA) is 93.5 Å². The molecule has 0 aliphatic heterocycles. The van der Waals surface area contributed by atoms with Gasteiger partial charge in [-0.3, -0.25) is 4.79 Å². The molecule has 0 aliphatic carbocycles. The lowest BCUT2D eigenvalue weighted by Gasteiger charge is -2.19. The molecule has 134 valence electrons. The number of hydrogen-bond donors (Lipinski definition) is 2. The first-order chi connectivity index (χ1) is 11.9. The largest absolute Gasteiger partial charge is 0.494 e. The second-order valence-corrected chi connectivity index (χ2v) is 6.00. The van der Waals surface area contributed by atoms with E-state index in [1.165, 1.54) is 0 Å². The molecule has 0 saturated carbocycles. The van der Waals surface area contributed by atoms with Gasteiger partial charge in [-0.05, 0) is 36.6 Å². The first-order valence-electron chi connectivity index (χ1n) is 8.11. The van der Waals surface area contributed by atoms with Gasteiger partial charge in [0.25, 0.3) is 5.91 Å². The minimum Gasteiger partial charge on any atom is -0.494 e. The van der Waals surface area contributed by atoms with E-state index in [1.54, 1.807) is 31.0 Å². The number of benzene rings is 1. The number of nitrogens with zero attached hydrogens (tertiary/aromatic N) is 2. The van der Waals surface area contributed by atoms with Crippen LogP contribution < -0.4 is 10.1 Å². The van der Waals surface area contributed by atoms with Crippen LogP contribution >= 0.6 is 0 Å². The van der Waals surface area contributed by atoms with E-state index < -0.39 is 17.9 Å². The summed E-state index contributed by atoms with van der Waals surface area (Å²) < 4.78 is 6.87. The summed E-state index contributed by atoms with van der Waals surface area (Å²) in [5.41, 5.74) is 1.89. The molecule has 0 unspecified atom stereocenters. The summed E-state index contributed by atoms with van der Waals surface area (Å²) in [5, 5.41) is 16.1. The first kappa shape index (κ1) is 18.5. The molecule has 0 fully saturated rings. The van der Waals surface area contributed by atoms with Crippen LogP contribution in [0.4, 0.5) is 0 Å². The zero-order valence-corrected chi connectivity index (χ0v) is 14.8. The van der Waals surface area contributed by atoms with E-state index in [4.69, 9.17) is 4.74 Å². The summed E-state index contributed by atoms with van der Waals surface area (Å²) in [6.07, 6.45) is 2.29. The lowest BCUT2D eigenvalue weighted by atomic mass is 9.99. The van der Waals surface area contributed by atoms with Crippen molar-refractivity contribution >= 4 is 11.9 Å². The lowest BCUT2D eigenvalue weighted by molar-refractivity contribution is -0.140. The average molecular weight is 345 g/mol. The number of carbonyl (C=O) groups excluding carboxylic acids is 1. The number of aryl methyl sites for hydroxylation is 1. The van der Waals surface area contributed by atoms with Crippen LogP contribution in [0.2, 0.25) is 0 Å². The number of methoxy groups -OCH3 is 1. The maximum absolute atomic E-state index is 12.4. The monoisotopic (exact) mass is 345 g/mol. The van der Waals surface area contributed by atoms with Gasteiger partial charge in [-0.25, -0.2) is 9.48 Å². The summed E-state index contributed by atoms with van der Waals surface area (Å²) in [4.78, 5) is 23.7. The predicted molar refractivity (Wildman–Crippen MR) is 93.2 cm³/mol. The molecule has 7 heteroatoms. The summed E-state index contributed by atoms with van der Waals surface area (Å²) in [6.45, 7) is 5.62. The van der Waals surface area contributed by atoms with E-state index in [9.17, 15) is 14.7 Å². The highest BCUT2D eigenvalue weighted by Crippen LogP contribution is 2.23. The van der Waals surface area contributed by atoms with Crippen molar-refractivity contribution in [1.82, 2.24) is 15.1 Å². The molecule has 7 nitrogen and oxygen atoms in total. The SMILES string of the molecule is CC[C@H](C)[C@H](NC(=O)c1ccn(-c2cc(C)ccc2OC)n1)C(=O)O. The fourth-order valence-corrected chi connectivity index (χ4v) is 2.46. The Morgan fingerprint density at radius 3 is 2.68 bits per heavy atom. The number of aromatic nitrogens is 2. The third-order valence-electron chi connectivity index (χ3n) is 4.17. The Kier molecular flexibility index (Phi) is 5.80. The smallest absolute Gasteiger partial charge is 0.326 e. The Labute approximate surface area is 146 Å². The van der Waals surface area contributed by atoms with Crippen molar-refractivity contribution < 1.29 is 19.4 Å². The van der Waals surface area contributed by atoms with Crippen LogP contribution in [0.15, 0.2) is 30.5 Å². The quantitative estimate of drug-likeness (QED) is 0.804. The minimum atomic E-state index is -1.05.